The molecule has 0 fully saturated rings. The van der Waals surface area contributed by atoms with Crippen molar-refractivity contribution in [2.24, 2.45) is 0 Å². The van der Waals surface area contributed by atoms with E-state index in [0.717, 1.165) is 16.5 Å². The number of fused-ring (bicyclic) bond motifs is 1. The first-order valence-corrected chi connectivity index (χ1v) is 11.7. The molecule has 5 rings (SSSR count). The van der Waals surface area contributed by atoms with Gasteiger partial charge >= 0.3 is 0 Å². The minimum Gasteiger partial charge on any atom is -0.324 e. The van der Waals surface area contributed by atoms with E-state index in [9.17, 15) is 19.7 Å². The van der Waals surface area contributed by atoms with Crippen molar-refractivity contribution < 1.29 is 9.72 Å². The average Bonchev–Trinajstić information content (AvgIpc) is 3.36. The maximum atomic E-state index is 13.5. The number of hydrogen-bond acceptors (Lipinski definition) is 5. The summed E-state index contributed by atoms with van der Waals surface area (Å²) in [6.07, 6.45) is 3.40. The van der Waals surface area contributed by atoms with Crippen LogP contribution in [0.5, 0.6) is 0 Å². The molecule has 0 aliphatic rings. The standard InChI is InChI=1S/C27H20ClN5O4/c28-20-6-9-24(33(36)37)22(15-20)18-10-11-32(26(34)14-18)25(12-17-4-2-1-3-5-17)27(35)30-21-7-8-23-19(13-21)16-29-31-23/h1-11,13-16,25H,12H2,(H,29,31)(H,30,35). The van der Waals surface area contributed by atoms with Crippen LogP contribution in [0, 0.1) is 10.1 Å². The number of H-pyrrole nitrogens is 1. The number of aromatic amines is 1. The maximum absolute atomic E-state index is 13.5. The van der Waals surface area contributed by atoms with Gasteiger partial charge in [0, 0.05) is 40.8 Å². The van der Waals surface area contributed by atoms with Crippen molar-refractivity contribution in [1.29, 1.82) is 0 Å². The van der Waals surface area contributed by atoms with Crippen molar-refractivity contribution >= 4 is 39.8 Å². The van der Waals surface area contributed by atoms with Gasteiger partial charge < -0.3 is 9.88 Å². The van der Waals surface area contributed by atoms with Crippen molar-refractivity contribution in [3.05, 3.63) is 122 Å². The van der Waals surface area contributed by atoms with E-state index in [2.05, 4.69) is 15.5 Å². The molecule has 2 aromatic heterocycles. The quantitative estimate of drug-likeness (QED) is 0.223. The molecule has 37 heavy (non-hydrogen) atoms. The van der Waals surface area contributed by atoms with Crippen LogP contribution in [0.2, 0.25) is 5.02 Å². The summed E-state index contributed by atoms with van der Waals surface area (Å²) in [4.78, 5) is 37.8. The van der Waals surface area contributed by atoms with Crippen LogP contribution in [0.1, 0.15) is 11.6 Å². The van der Waals surface area contributed by atoms with Gasteiger partial charge in [-0.3, -0.25) is 24.8 Å². The zero-order valence-electron chi connectivity index (χ0n) is 19.3. The Kier molecular flexibility index (Phi) is 6.53. The maximum Gasteiger partial charge on any atom is 0.277 e. The largest absolute Gasteiger partial charge is 0.324 e. The highest BCUT2D eigenvalue weighted by atomic mass is 35.5. The van der Waals surface area contributed by atoms with Gasteiger partial charge in [0.15, 0.2) is 0 Å². The minimum absolute atomic E-state index is 0.172. The Hall–Kier alpha value is -4.76. The Morgan fingerprint density at radius 3 is 2.65 bits per heavy atom. The van der Waals surface area contributed by atoms with Crippen LogP contribution in [0.25, 0.3) is 22.0 Å². The topological polar surface area (TPSA) is 123 Å². The summed E-state index contributed by atoms with van der Waals surface area (Å²) >= 11 is 6.07. The summed E-state index contributed by atoms with van der Waals surface area (Å²) < 4.78 is 1.33. The third-order valence-electron chi connectivity index (χ3n) is 6.03. The first-order valence-electron chi connectivity index (χ1n) is 11.3. The first-order chi connectivity index (χ1) is 17.9. The van der Waals surface area contributed by atoms with Gasteiger partial charge in [0.25, 0.3) is 11.2 Å². The Bertz CT molecular complexity index is 1680. The number of hydrogen-bond donors (Lipinski definition) is 2. The summed E-state index contributed by atoms with van der Waals surface area (Å²) in [5, 5.41) is 22.4. The smallest absolute Gasteiger partial charge is 0.277 e. The predicted octanol–water partition coefficient (Wildman–Crippen LogP) is 5.38. The molecule has 0 saturated heterocycles. The molecule has 0 aliphatic heterocycles. The SMILES string of the molecule is O=C(Nc1ccc2[nH]ncc2c1)C(Cc1ccccc1)n1ccc(-c2cc(Cl)ccc2[N+](=O)[O-])cc1=O. The van der Waals surface area contributed by atoms with Crippen molar-refractivity contribution in [2.45, 2.75) is 12.5 Å². The molecule has 5 aromatic rings. The number of amides is 1. The molecule has 1 amide bonds. The summed E-state index contributed by atoms with van der Waals surface area (Å²) in [5.74, 6) is -0.379. The summed E-state index contributed by atoms with van der Waals surface area (Å²) in [6, 6.07) is 20.9. The van der Waals surface area contributed by atoms with Crippen molar-refractivity contribution in [1.82, 2.24) is 14.8 Å². The number of carbonyl (C=O) groups excluding carboxylic acids is 1. The van der Waals surface area contributed by atoms with E-state index < -0.39 is 16.5 Å². The van der Waals surface area contributed by atoms with Gasteiger partial charge in [0.1, 0.15) is 6.04 Å². The molecule has 2 N–H and O–H groups in total. The highest BCUT2D eigenvalue weighted by molar-refractivity contribution is 6.31. The van der Waals surface area contributed by atoms with Crippen LogP contribution in [0.4, 0.5) is 11.4 Å². The van der Waals surface area contributed by atoms with E-state index >= 15 is 0 Å². The molecule has 10 heteroatoms. The molecule has 9 nitrogen and oxygen atoms in total. The summed E-state index contributed by atoms with van der Waals surface area (Å²) in [7, 11) is 0. The van der Waals surface area contributed by atoms with Crippen molar-refractivity contribution in [3.8, 4) is 11.1 Å². The highest BCUT2D eigenvalue weighted by Gasteiger charge is 2.24. The van der Waals surface area contributed by atoms with E-state index in [0.29, 0.717) is 16.3 Å². The number of halogens is 1. The predicted molar refractivity (Wildman–Crippen MR) is 142 cm³/mol. The molecule has 0 aliphatic carbocycles. The van der Waals surface area contributed by atoms with Gasteiger partial charge in [-0.25, -0.2) is 0 Å². The Balaban J connectivity index is 1.52. The Labute approximate surface area is 215 Å². The molecule has 184 valence electrons. The monoisotopic (exact) mass is 513 g/mol. The van der Waals surface area contributed by atoms with E-state index in [1.807, 2.05) is 36.4 Å². The van der Waals surface area contributed by atoms with Crippen molar-refractivity contribution in [3.63, 3.8) is 0 Å². The number of nitro groups is 1. The molecule has 0 radical (unpaired) electrons. The molecule has 0 bridgehead atoms. The second-order valence-corrected chi connectivity index (χ2v) is 8.88. The normalized spacial score (nSPS) is 11.8. The van der Waals surface area contributed by atoms with Gasteiger partial charge in [-0.15, -0.1) is 0 Å². The molecular formula is C27H20ClN5O4. The summed E-state index contributed by atoms with van der Waals surface area (Å²) in [5.41, 5.74) is 2.17. The van der Waals surface area contributed by atoms with Crippen LogP contribution >= 0.6 is 11.6 Å². The van der Waals surface area contributed by atoms with E-state index in [4.69, 9.17) is 11.6 Å². The van der Waals surface area contributed by atoms with Gasteiger partial charge in [-0.05, 0) is 47.5 Å². The summed E-state index contributed by atoms with van der Waals surface area (Å²) in [6.45, 7) is 0. The van der Waals surface area contributed by atoms with Crippen LogP contribution in [0.3, 0.4) is 0 Å². The molecule has 1 atom stereocenters. The highest BCUT2D eigenvalue weighted by Crippen LogP contribution is 2.32. The number of rotatable bonds is 7. The number of nitrogens with one attached hydrogen (secondary N) is 2. The van der Waals surface area contributed by atoms with Gasteiger partial charge in [-0.1, -0.05) is 41.9 Å². The molecule has 3 aromatic carbocycles. The minimum atomic E-state index is -0.877. The number of pyridine rings is 1. The number of benzene rings is 3. The Morgan fingerprint density at radius 2 is 1.89 bits per heavy atom. The average molecular weight is 514 g/mol. The first kappa shape index (κ1) is 24.0. The lowest BCUT2D eigenvalue weighted by Crippen LogP contribution is -2.34. The number of carbonyl (C=O) groups is 1. The molecule has 1 unspecified atom stereocenters. The van der Waals surface area contributed by atoms with Crippen LogP contribution < -0.4 is 10.9 Å². The van der Waals surface area contributed by atoms with Crippen LogP contribution in [-0.4, -0.2) is 25.6 Å². The Morgan fingerprint density at radius 1 is 1.08 bits per heavy atom. The lowest BCUT2D eigenvalue weighted by atomic mass is 10.0. The second-order valence-electron chi connectivity index (χ2n) is 8.45. The van der Waals surface area contributed by atoms with E-state index in [-0.39, 0.29) is 23.6 Å². The van der Waals surface area contributed by atoms with Crippen LogP contribution in [0.15, 0.2) is 96.1 Å². The fourth-order valence-electron chi connectivity index (χ4n) is 4.21. The zero-order chi connectivity index (χ0) is 25.9. The van der Waals surface area contributed by atoms with Crippen molar-refractivity contribution in [2.75, 3.05) is 5.32 Å². The zero-order valence-corrected chi connectivity index (χ0v) is 20.1. The fraction of sp³-hybridized carbons (Fsp3) is 0.0741. The lowest BCUT2D eigenvalue weighted by Gasteiger charge is -2.20. The third kappa shape index (κ3) is 5.12. The van der Waals surface area contributed by atoms with E-state index in [1.165, 1.54) is 35.0 Å². The molecule has 0 saturated carbocycles. The van der Waals surface area contributed by atoms with Crippen LogP contribution in [-0.2, 0) is 11.2 Å². The van der Waals surface area contributed by atoms with Gasteiger partial charge in [-0.2, -0.15) is 5.10 Å². The lowest BCUT2D eigenvalue weighted by molar-refractivity contribution is -0.384. The fourth-order valence-corrected chi connectivity index (χ4v) is 4.39. The molecular weight excluding hydrogens is 494 g/mol. The number of anilines is 1. The number of nitrogens with zero attached hydrogens (tertiary/aromatic N) is 3. The van der Waals surface area contributed by atoms with E-state index in [1.54, 1.807) is 24.4 Å². The number of nitro benzene ring substituents is 1. The third-order valence-corrected chi connectivity index (χ3v) is 6.27. The molecule has 2 heterocycles. The second kappa shape index (κ2) is 10.1. The van der Waals surface area contributed by atoms with Gasteiger partial charge in [0.2, 0.25) is 5.91 Å². The van der Waals surface area contributed by atoms with Gasteiger partial charge in [0.05, 0.1) is 22.2 Å². The number of aromatic nitrogens is 3. The molecule has 0 spiro atoms.